The molecule has 0 atom stereocenters. The maximum absolute atomic E-state index is 13.6. The predicted octanol–water partition coefficient (Wildman–Crippen LogP) is 9.01. The number of alkyl halides is 6. The number of hydrogen-bond donors (Lipinski definition) is 1. The Balaban J connectivity index is 1.55. The first-order valence-corrected chi connectivity index (χ1v) is 14.4. The number of nitrogens with zero attached hydrogens (tertiary/aromatic N) is 1. The number of methoxy groups -OCH3 is 1. The highest BCUT2D eigenvalue weighted by Crippen LogP contribution is 2.59. The molecule has 4 aromatic carbocycles. The number of morpholine rings is 1. The van der Waals surface area contributed by atoms with E-state index in [2.05, 4.69) is 4.90 Å². The fraction of sp³-hybridized carbons (Fsp3) is 0.353. The number of phenolic OH excluding ortho intramolecular Hbond substituents is 1. The molecular weight excluding hydrogens is 584 g/mol. The molecule has 1 aliphatic carbocycles. The van der Waals surface area contributed by atoms with Gasteiger partial charge in [-0.15, -0.1) is 0 Å². The van der Waals surface area contributed by atoms with Crippen molar-refractivity contribution in [3.05, 3.63) is 77.9 Å². The third kappa shape index (κ3) is 5.56. The molecule has 0 saturated carbocycles. The van der Waals surface area contributed by atoms with Crippen LogP contribution >= 0.6 is 0 Å². The van der Waals surface area contributed by atoms with Gasteiger partial charge in [0.15, 0.2) is 0 Å². The first-order chi connectivity index (χ1) is 20.9. The zero-order valence-electron chi connectivity index (χ0n) is 24.0. The molecular formula is C34H31F6NO3. The van der Waals surface area contributed by atoms with E-state index >= 15 is 0 Å². The number of ether oxygens (including phenoxy) is 2. The molecule has 6 rings (SSSR count). The van der Waals surface area contributed by atoms with Crippen LogP contribution in [0.3, 0.4) is 0 Å². The van der Waals surface area contributed by atoms with E-state index in [-0.39, 0.29) is 11.3 Å². The Morgan fingerprint density at radius 3 is 2.05 bits per heavy atom. The number of halogens is 6. The molecule has 44 heavy (non-hydrogen) atoms. The second-order valence-corrected chi connectivity index (χ2v) is 11.4. The number of hydrogen-bond acceptors (Lipinski definition) is 4. The largest absolute Gasteiger partial charge is 0.507 e. The van der Waals surface area contributed by atoms with Crippen LogP contribution in [0.4, 0.5) is 32.0 Å². The lowest BCUT2D eigenvalue weighted by molar-refractivity contribution is -0.143. The highest BCUT2D eigenvalue weighted by Gasteiger charge is 2.48. The second-order valence-electron chi connectivity index (χ2n) is 11.4. The van der Waals surface area contributed by atoms with Gasteiger partial charge in [-0.3, -0.25) is 0 Å². The topological polar surface area (TPSA) is 41.9 Å². The van der Waals surface area contributed by atoms with Crippen molar-refractivity contribution < 1.29 is 40.9 Å². The molecule has 1 N–H and O–H groups in total. The molecule has 0 spiro atoms. The summed E-state index contributed by atoms with van der Waals surface area (Å²) >= 11 is 0. The number of aromatic hydroxyl groups is 1. The molecule has 1 fully saturated rings. The van der Waals surface area contributed by atoms with E-state index in [0.29, 0.717) is 52.0 Å². The summed E-state index contributed by atoms with van der Waals surface area (Å²) in [4.78, 5) is 2.22. The summed E-state index contributed by atoms with van der Waals surface area (Å²) in [6.45, 7) is 2.83. The summed E-state index contributed by atoms with van der Waals surface area (Å²) in [6.07, 6.45) is -12.8. The number of rotatable bonds is 7. The van der Waals surface area contributed by atoms with E-state index in [1.807, 2.05) is 30.3 Å². The van der Waals surface area contributed by atoms with Gasteiger partial charge in [0.25, 0.3) is 0 Å². The van der Waals surface area contributed by atoms with Gasteiger partial charge in [-0.05, 0) is 76.4 Å². The lowest BCUT2D eigenvalue weighted by atomic mass is 9.71. The summed E-state index contributed by atoms with van der Waals surface area (Å²) in [5.74, 6) is 0.237. The van der Waals surface area contributed by atoms with Crippen molar-refractivity contribution in [3.63, 3.8) is 0 Å². The van der Waals surface area contributed by atoms with Gasteiger partial charge in [-0.25, -0.2) is 0 Å². The highest BCUT2D eigenvalue weighted by atomic mass is 19.4. The van der Waals surface area contributed by atoms with Crippen molar-refractivity contribution >= 4 is 16.5 Å². The Kier molecular flexibility index (Phi) is 7.68. The van der Waals surface area contributed by atoms with Crippen molar-refractivity contribution in [3.8, 4) is 33.8 Å². The van der Waals surface area contributed by atoms with Crippen LogP contribution in [-0.4, -0.2) is 50.9 Å². The highest BCUT2D eigenvalue weighted by molar-refractivity contribution is 6.07. The van der Waals surface area contributed by atoms with E-state index in [4.69, 9.17) is 9.47 Å². The van der Waals surface area contributed by atoms with Gasteiger partial charge in [0.1, 0.15) is 11.5 Å². The van der Waals surface area contributed by atoms with Gasteiger partial charge in [0.2, 0.25) is 0 Å². The third-order valence-electron chi connectivity index (χ3n) is 8.89. The van der Waals surface area contributed by atoms with Gasteiger partial charge in [-0.2, -0.15) is 26.3 Å². The smallest absolute Gasteiger partial charge is 0.389 e. The normalized spacial score (nSPS) is 16.2. The molecule has 0 bridgehead atoms. The molecule has 1 aliphatic heterocycles. The summed E-state index contributed by atoms with van der Waals surface area (Å²) in [5, 5.41) is 12.2. The maximum Gasteiger partial charge on any atom is 0.389 e. The second kappa shape index (κ2) is 11.2. The predicted molar refractivity (Wildman–Crippen MR) is 157 cm³/mol. The monoisotopic (exact) mass is 615 g/mol. The van der Waals surface area contributed by atoms with Crippen LogP contribution in [-0.2, 0) is 10.2 Å². The van der Waals surface area contributed by atoms with Crippen molar-refractivity contribution in [1.29, 1.82) is 0 Å². The number of anilines is 1. The third-order valence-corrected chi connectivity index (χ3v) is 8.89. The average Bonchev–Trinajstić information content (AvgIpc) is 3.28. The van der Waals surface area contributed by atoms with Gasteiger partial charge in [0.05, 0.1) is 20.3 Å². The number of benzene rings is 4. The van der Waals surface area contributed by atoms with Gasteiger partial charge < -0.3 is 19.5 Å². The first kappa shape index (κ1) is 30.1. The quantitative estimate of drug-likeness (QED) is 0.211. The molecule has 1 saturated heterocycles. The molecule has 0 aromatic heterocycles. The van der Waals surface area contributed by atoms with Gasteiger partial charge in [-0.1, -0.05) is 36.4 Å². The van der Waals surface area contributed by atoms with Crippen LogP contribution in [0.1, 0.15) is 36.8 Å². The lowest BCUT2D eigenvalue weighted by Gasteiger charge is -2.33. The Labute approximate surface area is 250 Å². The fourth-order valence-corrected chi connectivity index (χ4v) is 6.80. The molecule has 4 nitrogen and oxygen atoms in total. The Morgan fingerprint density at radius 1 is 0.795 bits per heavy atom. The molecule has 4 aromatic rings. The van der Waals surface area contributed by atoms with E-state index in [1.165, 1.54) is 13.2 Å². The van der Waals surface area contributed by atoms with E-state index in [0.717, 1.165) is 24.3 Å². The fourth-order valence-electron chi connectivity index (χ4n) is 6.80. The van der Waals surface area contributed by atoms with E-state index in [1.54, 1.807) is 30.3 Å². The zero-order chi connectivity index (χ0) is 31.3. The summed E-state index contributed by atoms with van der Waals surface area (Å²) in [7, 11) is 1.51. The Morgan fingerprint density at radius 2 is 1.43 bits per heavy atom. The minimum absolute atomic E-state index is 0.234. The average molecular weight is 616 g/mol. The van der Waals surface area contributed by atoms with E-state index < -0.39 is 43.5 Å². The summed E-state index contributed by atoms with van der Waals surface area (Å²) in [5.41, 5.74) is 2.71. The molecule has 2 aliphatic rings. The molecule has 232 valence electrons. The van der Waals surface area contributed by atoms with Crippen molar-refractivity contribution in [1.82, 2.24) is 0 Å². The Bertz CT molecular complexity index is 1660. The standard InChI is InChI=1S/C34H31F6NO3/c1-43-30-19-25-26(18-24(30)21-6-8-22(9-7-21)41-14-16-44-17-15-41)31-23-4-2-3-5-27(23)32(10-12-33(35,36)37,11-13-34(38,39)40)28(31)20-29(25)42/h2-9,18-20,42H,10-17H2,1H3. The SMILES string of the molecule is COc1cc2c(O)cc3c(c2cc1-c1ccc(N2CCOCC2)cc1)-c1ccccc1C3(CCC(F)(F)F)CCC(F)(F)F. The molecule has 0 unspecified atom stereocenters. The van der Waals surface area contributed by atoms with E-state index in [9.17, 15) is 31.4 Å². The minimum atomic E-state index is -4.57. The minimum Gasteiger partial charge on any atom is -0.507 e. The number of phenols is 1. The first-order valence-electron chi connectivity index (χ1n) is 14.4. The van der Waals surface area contributed by atoms with Crippen LogP contribution in [0.5, 0.6) is 11.5 Å². The summed E-state index contributed by atoms with van der Waals surface area (Å²) in [6, 6.07) is 19.4. The van der Waals surface area contributed by atoms with Crippen molar-refractivity contribution in [2.75, 3.05) is 38.3 Å². The molecule has 0 amide bonds. The van der Waals surface area contributed by atoms with Crippen LogP contribution in [0.25, 0.3) is 33.0 Å². The molecule has 0 radical (unpaired) electrons. The van der Waals surface area contributed by atoms with Crippen molar-refractivity contribution in [2.45, 2.75) is 43.5 Å². The molecule has 10 heteroatoms. The van der Waals surface area contributed by atoms with Crippen LogP contribution in [0.15, 0.2) is 66.7 Å². The Hall–Kier alpha value is -3.92. The van der Waals surface area contributed by atoms with Crippen molar-refractivity contribution in [2.24, 2.45) is 0 Å². The zero-order valence-corrected chi connectivity index (χ0v) is 24.0. The maximum atomic E-state index is 13.6. The molecule has 1 heterocycles. The number of fused-ring (bicyclic) bond motifs is 5. The van der Waals surface area contributed by atoms with Gasteiger partial charge in [0, 0.05) is 48.0 Å². The van der Waals surface area contributed by atoms with Crippen LogP contribution in [0, 0.1) is 0 Å². The lowest BCUT2D eigenvalue weighted by Crippen LogP contribution is -2.36. The summed E-state index contributed by atoms with van der Waals surface area (Å²) < 4.78 is 92.8. The van der Waals surface area contributed by atoms with Gasteiger partial charge >= 0.3 is 12.4 Å². The van der Waals surface area contributed by atoms with Crippen LogP contribution < -0.4 is 9.64 Å². The van der Waals surface area contributed by atoms with Crippen LogP contribution in [0.2, 0.25) is 0 Å².